The number of Topliss-reactive ketones (excluding diaryl/α,β-unsaturated/α-hetero) is 1. The SMILES string of the molecule is CCO.COC(=O)C1=C(C(C)C)NC(=O)C(C#N)C1c1ccc(F)cc1.COC(=O)CC(=O)C(C)C.N#CCC#N.O=Cc1ccc(F)cc1. The average Bonchev–Trinajstić information content (AvgIpc) is 3.09. The van der Waals surface area contributed by atoms with Crippen molar-refractivity contribution in [3.05, 3.63) is 82.6 Å². The summed E-state index contributed by atoms with van der Waals surface area (Å²) in [7, 11) is 2.52. The zero-order chi connectivity index (χ0) is 38.8. The average molecular weight is 697 g/mol. The third kappa shape index (κ3) is 17.4. The van der Waals surface area contributed by atoms with Gasteiger partial charge in [0.05, 0.1) is 38.0 Å². The van der Waals surface area contributed by atoms with E-state index in [-0.39, 0.29) is 48.5 Å². The molecule has 2 aromatic carbocycles. The third-order valence-electron chi connectivity index (χ3n) is 6.18. The van der Waals surface area contributed by atoms with Gasteiger partial charge in [0.15, 0.2) is 0 Å². The van der Waals surface area contributed by atoms with Crippen molar-refractivity contribution >= 4 is 29.9 Å². The number of benzene rings is 2. The summed E-state index contributed by atoms with van der Waals surface area (Å²) in [5.41, 5.74) is 1.69. The quantitative estimate of drug-likeness (QED) is 0.221. The summed E-state index contributed by atoms with van der Waals surface area (Å²) in [6.45, 7) is 9.09. The highest BCUT2D eigenvalue weighted by Gasteiger charge is 2.42. The normalized spacial score (nSPS) is 14.0. The molecule has 0 aromatic heterocycles. The van der Waals surface area contributed by atoms with E-state index >= 15 is 0 Å². The van der Waals surface area contributed by atoms with Crippen molar-refractivity contribution in [2.24, 2.45) is 17.8 Å². The molecule has 1 amide bonds. The molecule has 3 rings (SSSR count). The summed E-state index contributed by atoms with van der Waals surface area (Å²) < 4.78 is 34.4. The van der Waals surface area contributed by atoms with Crippen molar-refractivity contribution in [3.8, 4) is 18.2 Å². The van der Waals surface area contributed by atoms with Crippen LogP contribution in [0, 0.1) is 63.4 Å². The van der Waals surface area contributed by atoms with E-state index in [0.717, 1.165) is 0 Å². The second kappa shape index (κ2) is 26.2. The standard InChI is InChI=1S/C17H17FN2O3.C7H5FO.C7H12O3.C3H2N2.C2H6O/c1-9(2)15-14(17(22)23-3)13(12(8-19)16(21)20-15)10-4-6-11(18)7-5-10;8-7-3-1-6(5-9)2-4-7;1-5(2)6(8)4-7(9)10-3;4-2-1-3-5;1-2-3/h4-7,9,12-13H,1-3H3,(H,20,21);1-5H;5H,4H2,1-3H3;1H2;3H,2H2,1H3. The Hall–Kier alpha value is -5.78. The van der Waals surface area contributed by atoms with Crippen LogP contribution in [0.25, 0.3) is 0 Å². The zero-order valence-electron chi connectivity index (χ0n) is 29.0. The first-order valence-electron chi connectivity index (χ1n) is 15.1. The number of nitrogens with zero attached hydrogens (tertiary/aromatic N) is 3. The Labute approximate surface area is 290 Å². The van der Waals surface area contributed by atoms with E-state index < -0.39 is 35.5 Å². The monoisotopic (exact) mass is 696 g/mol. The van der Waals surface area contributed by atoms with Crippen LogP contribution in [0.1, 0.15) is 69.3 Å². The van der Waals surface area contributed by atoms with Gasteiger partial charge in [-0.2, -0.15) is 15.8 Å². The number of aldehydes is 1. The van der Waals surface area contributed by atoms with Gasteiger partial charge in [0.1, 0.15) is 42.5 Å². The lowest BCUT2D eigenvalue weighted by atomic mass is 9.76. The summed E-state index contributed by atoms with van der Waals surface area (Å²) >= 11 is 0. The number of nitrogens with one attached hydrogen (secondary N) is 1. The Kier molecular flexibility index (Phi) is 24.3. The molecule has 268 valence electrons. The molecule has 0 aliphatic carbocycles. The largest absolute Gasteiger partial charge is 0.469 e. The molecule has 0 bridgehead atoms. The number of allylic oxidation sites excluding steroid dienone is 1. The molecule has 2 aromatic rings. The lowest BCUT2D eigenvalue weighted by Crippen LogP contribution is -2.43. The summed E-state index contributed by atoms with van der Waals surface area (Å²) in [5.74, 6) is -4.48. The Morgan fingerprint density at radius 1 is 0.920 bits per heavy atom. The number of hydrogen-bond donors (Lipinski definition) is 2. The summed E-state index contributed by atoms with van der Waals surface area (Å²) in [6.07, 6.45) is 0.577. The number of carbonyl (C=O) groups is 5. The van der Waals surface area contributed by atoms with Crippen molar-refractivity contribution in [1.29, 1.82) is 15.8 Å². The fourth-order valence-electron chi connectivity index (χ4n) is 3.72. The van der Waals surface area contributed by atoms with Gasteiger partial charge in [-0.15, -0.1) is 0 Å². The first kappa shape index (κ1) is 46.3. The molecule has 14 heteroatoms. The van der Waals surface area contributed by atoms with Gasteiger partial charge in [0.25, 0.3) is 0 Å². The number of rotatable bonds is 7. The predicted molar refractivity (Wildman–Crippen MR) is 177 cm³/mol. The Bertz CT molecular complexity index is 1540. The van der Waals surface area contributed by atoms with Gasteiger partial charge < -0.3 is 19.9 Å². The van der Waals surface area contributed by atoms with Crippen LogP contribution >= 0.6 is 0 Å². The van der Waals surface area contributed by atoms with Crippen molar-refractivity contribution in [1.82, 2.24) is 5.32 Å². The van der Waals surface area contributed by atoms with Gasteiger partial charge in [-0.05, 0) is 54.8 Å². The zero-order valence-corrected chi connectivity index (χ0v) is 29.0. The highest BCUT2D eigenvalue weighted by atomic mass is 19.1. The maximum absolute atomic E-state index is 13.2. The number of aliphatic hydroxyl groups excluding tert-OH is 1. The van der Waals surface area contributed by atoms with E-state index in [2.05, 4.69) is 10.1 Å². The summed E-state index contributed by atoms with van der Waals surface area (Å²) in [6, 6.07) is 16.0. The smallest absolute Gasteiger partial charge is 0.336 e. The molecule has 2 N–H and O–H groups in total. The Morgan fingerprint density at radius 2 is 1.40 bits per heavy atom. The number of methoxy groups -OCH3 is 2. The highest BCUT2D eigenvalue weighted by Crippen LogP contribution is 2.39. The minimum atomic E-state index is -1.09. The number of amides is 1. The molecule has 1 heterocycles. The maximum atomic E-state index is 13.2. The van der Waals surface area contributed by atoms with E-state index in [1.54, 1.807) is 32.9 Å². The molecule has 50 heavy (non-hydrogen) atoms. The molecule has 2 atom stereocenters. The van der Waals surface area contributed by atoms with Crippen molar-refractivity contribution in [2.45, 2.75) is 53.4 Å². The second-order valence-corrected chi connectivity index (χ2v) is 10.5. The lowest BCUT2D eigenvalue weighted by Gasteiger charge is -2.32. The number of nitriles is 3. The summed E-state index contributed by atoms with van der Waals surface area (Å²) in [4.78, 5) is 55.8. The van der Waals surface area contributed by atoms with Crippen LogP contribution in [0.5, 0.6) is 0 Å². The molecular weight excluding hydrogens is 654 g/mol. The Balaban J connectivity index is 0. The first-order valence-corrected chi connectivity index (χ1v) is 15.1. The molecule has 2 unspecified atom stereocenters. The van der Waals surface area contributed by atoms with Crippen LogP contribution in [0.15, 0.2) is 59.8 Å². The number of halogens is 2. The number of esters is 2. The third-order valence-corrected chi connectivity index (χ3v) is 6.18. The number of hydrogen-bond acceptors (Lipinski definition) is 11. The highest BCUT2D eigenvalue weighted by molar-refractivity contribution is 5.98. The molecule has 12 nitrogen and oxygen atoms in total. The predicted octanol–water partition coefficient (Wildman–Crippen LogP) is 5.10. The topological polar surface area (TPSA) is 207 Å². The van der Waals surface area contributed by atoms with E-state index in [9.17, 15) is 38.0 Å². The van der Waals surface area contributed by atoms with Crippen LogP contribution in [0.4, 0.5) is 8.78 Å². The summed E-state index contributed by atoms with van der Waals surface area (Å²) in [5, 5.41) is 34.8. The minimum Gasteiger partial charge on any atom is -0.469 e. The van der Waals surface area contributed by atoms with Gasteiger partial charge in [-0.1, -0.05) is 39.8 Å². The second-order valence-electron chi connectivity index (χ2n) is 10.5. The molecule has 0 spiro atoms. The van der Waals surface area contributed by atoms with E-state index in [1.165, 1.54) is 62.8 Å². The van der Waals surface area contributed by atoms with Crippen molar-refractivity contribution in [3.63, 3.8) is 0 Å². The number of aliphatic hydroxyl groups is 1. The van der Waals surface area contributed by atoms with Gasteiger partial charge in [-0.25, -0.2) is 13.6 Å². The van der Waals surface area contributed by atoms with Crippen LogP contribution in [0.2, 0.25) is 0 Å². The van der Waals surface area contributed by atoms with E-state index in [0.29, 0.717) is 23.1 Å². The molecular formula is C36H42F2N4O8. The lowest BCUT2D eigenvalue weighted by molar-refractivity contribution is -0.144. The molecule has 0 saturated heterocycles. The van der Waals surface area contributed by atoms with Gasteiger partial charge >= 0.3 is 11.9 Å². The number of ether oxygens (including phenoxy) is 2. The van der Waals surface area contributed by atoms with Crippen LogP contribution in [0.3, 0.4) is 0 Å². The minimum absolute atomic E-state index is 0. The molecule has 1 aliphatic rings. The van der Waals surface area contributed by atoms with Crippen molar-refractivity contribution < 1.29 is 47.3 Å². The number of ketones is 1. The maximum Gasteiger partial charge on any atom is 0.336 e. The first-order chi connectivity index (χ1) is 23.6. The van der Waals surface area contributed by atoms with Gasteiger partial charge in [-0.3, -0.25) is 19.2 Å². The number of carbonyl (C=O) groups excluding carboxylic acids is 5. The fourth-order valence-corrected chi connectivity index (χ4v) is 3.72. The van der Waals surface area contributed by atoms with Gasteiger partial charge in [0.2, 0.25) is 5.91 Å². The van der Waals surface area contributed by atoms with Crippen LogP contribution in [-0.4, -0.2) is 55.8 Å². The molecule has 0 radical (unpaired) electrons. The van der Waals surface area contributed by atoms with Crippen LogP contribution < -0.4 is 5.32 Å². The van der Waals surface area contributed by atoms with Gasteiger partial charge in [0, 0.05) is 29.7 Å². The van der Waals surface area contributed by atoms with E-state index in [1.807, 2.05) is 19.9 Å². The molecule has 0 saturated carbocycles. The van der Waals surface area contributed by atoms with Crippen LogP contribution in [-0.2, 0) is 28.7 Å². The molecule has 0 fully saturated rings. The fraction of sp³-hybridized carbons (Fsp3) is 0.389. The van der Waals surface area contributed by atoms with E-state index in [4.69, 9.17) is 20.4 Å². The molecule has 1 aliphatic heterocycles. The Morgan fingerprint density at radius 3 is 1.74 bits per heavy atom. The van der Waals surface area contributed by atoms with Crippen molar-refractivity contribution in [2.75, 3.05) is 20.8 Å².